The van der Waals surface area contributed by atoms with Gasteiger partial charge in [0.25, 0.3) is 0 Å². The lowest BCUT2D eigenvalue weighted by Gasteiger charge is -2.16. The molecule has 0 spiro atoms. The molecule has 0 aromatic carbocycles. The monoisotopic (exact) mass is 621 g/mol. The smallest absolute Gasteiger partial charge is 0.330 e. The number of anilines is 1. The molecule has 244 valence electrons. The molecule has 3 heterocycles. The standard InChI is InChI=1S/C31H55N4O5P.CHN/c1-2-3-4-5-6-7-8-9-10-11-12-13-14-15-16-17-22-37-23-24-38-41(36)39-25-27-18-21-30(40-27)28-19-20-29-31(32)33-26-34-35(28)29;1-2/h19-20,26-27,30,36H,2-18,21-25H2,1H3,(H2,32,33,34);1H. The van der Waals surface area contributed by atoms with Crippen LogP contribution in [0.1, 0.15) is 134 Å². The molecule has 3 N–H and O–H groups in total. The van der Waals surface area contributed by atoms with Crippen LogP contribution in [0.25, 0.3) is 5.52 Å². The van der Waals surface area contributed by atoms with Gasteiger partial charge in [0.05, 0.1) is 31.6 Å². The van der Waals surface area contributed by atoms with Crippen LogP contribution in [-0.4, -0.2) is 52.0 Å². The van der Waals surface area contributed by atoms with E-state index in [2.05, 4.69) is 23.6 Å². The average Bonchev–Trinajstić information content (AvgIpc) is 3.68. The molecule has 43 heavy (non-hydrogen) atoms. The second-order valence-electron chi connectivity index (χ2n) is 11.3. The topological polar surface area (TPSA) is 137 Å². The maximum absolute atomic E-state index is 10.1. The second kappa shape index (κ2) is 24.5. The number of hydrogen-bond acceptors (Lipinski definition) is 9. The van der Waals surface area contributed by atoms with Gasteiger partial charge >= 0.3 is 8.60 Å². The third kappa shape index (κ3) is 15.6. The summed E-state index contributed by atoms with van der Waals surface area (Å²) in [6.07, 6.45) is 24.8. The number of hydrogen-bond donors (Lipinski definition) is 2. The zero-order chi connectivity index (χ0) is 31.0. The third-order valence-electron chi connectivity index (χ3n) is 7.89. The van der Waals surface area contributed by atoms with Gasteiger partial charge in [0, 0.05) is 13.2 Å². The molecule has 3 unspecified atom stereocenters. The molecule has 1 fully saturated rings. The normalized spacial score (nSPS) is 17.2. The fourth-order valence-electron chi connectivity index (χ4n) is 5.48. The van der Waals surface area contributed by atoms with Crippen LogP contribution in [0.15, 0.2) is 18.5 Å². The number of fused-ring (bicyclic) bond motifs is 1. The van der Waals surface area contributed by atoms with Gasteiger partial charge in [0.15, 0.2) is 5.82 Å². The zero-order valence-corrected chi connectivity index (χ0v) is 27.3. The Kier molecular flexibility index (Phi) is 21.2. The predicted octanol–water partition coefficient (Wildman–Crippen LogP) is 8.20. The van der Waals surface area contributed by atoms with E-state index in [9.17, 15) is 4.89 Å². The molecule has 1 saturated heterocycles. The number of unbranched alkanes of at least 4 members (excludes halogenated alkanes) is 15. The van der Waals surface area contributed by atoms with Crippen LogP contribution in [-0.2, 0) is 18.5 Å². The second-order valence-corrected chi connectivity index (χ2v) is 12.3. The lowest BCUT2D eigenvalue weighted by Crippen LogP contribution is -2.15. The van der Waals surface area contributed by atoms with Gasteiger partial charge in [0.1, 0.15) is 17.9 Å². The summed E-state index contributed by atoms with van der Waals surface area (Å²) < 4.78 is 24.4. The quantitative estimate of drug-likeness (QED) is 0.0830. The van der Waals surface area contributed by atoms with Crippen LogP contribution in [0.5, 0.6) is 0 Å². The highest BCUT2D eigenvalue weighted by molar-refractivity contribution is 7.40. The van der Waals surface area contributed by atoms with Crippen molar-refractivity contribution in [2.24, 2.45) is 0 Å². The zero-order valence-electron chi connectivity index (χ0n) is 26.4. The van der Waals surface area contributed by atoms with E-state index in [1.807, 2.05) is 12.1 Å². The first-order valence-electron chi connectivity index (χ1n) is 16.5. The van der Waals surface area contributed by atoms with E-state index >= 15 is 0 Å². The number of nitrogens with zero attached hydrogens (tertiary/aromatic N) is 4. The number of nitrogens with two attached hydrogens (primary N) is 1. The Morgan fingerprint density at radius 2 is 1.49 bits per heavy atom. The van der Waals surface area contributed by atoms with E-state index in [-0.39, 0.29) is 12.2 Å². The van der Waals surface area contributed by atoms with Gasteiger partial charge in [-0.3, -0.25) is 0 Å². The molecule has 0 aliphatic carbocycles. The number of aromatic nitrogens is 3. The number of nitriles is 1. The van der Waals surface area contributed by atoms with Crippen molar-refractivity contribution in [3.63, 3.8) is 0 Å². The Labute approximate surface area is 260 Å². The number of nitrogen functional groups attached to an aromatic ring is 1. The van der Waals surface area contributed by atoms with Crippen molar-refractivity contribution in [3.8, 4) is 6.57 Å². The van der Waals surface area contributed by atoms with E-state index in [0.29, 0.717) is 25.6 Å². The minimum Gasteiger partial charge on any atom is -0.382 e. The first-order chi connectivity index (χ1) is 21.2. The van der Waals surface area contributed by atoms with Crippen molar-refractivity contribution in [2.75, 3.05) is 32.2 Å². The molecular formula is C32H56N5O5P. The summed E-state index contributed by atoms with van der Waals surface area (Å²) >= 11 is 0. The Balaban J connectivity index is 0.00000316. The SMILES string of the molecule is C#N.CCCCCCCCCCCCCCCCCCOCCOP(O)OCC1CCC(c2ccc3c(N)ncnn23)O1. The van der Waals surface area contributed by atoms with Crippen molar-refractivity contribution in [1.82, 2.24) is 14.6 Å². The molecule has 0 amide bonds. The van der Waals surface area contributed by atoms with E-state index in [1.165, 1.54) is 103 Å². The van der Waals surface area contributed by atoms with Gasteiger partial charge in [-0.1, -0.05) is 103 Å². The molecule has 0 bridgehead atoms. The molecule has 1 aliphatic rings. The molecule has 0 saturated carbocycles. The molecule has 3 rings (SSSR count). The van der Waals surface area contributed by atoms with Crippen LogP contribution in [0.4, 0.5) is 5.82 Å². The molecule has 2 aromatic rings. The average molecular weight is 622 g/mol. The van der Waals surface area contributed by atoms with Crippen molar-refractivity contribution in [3.05, 3.63) is 24.2 Å². The van der Waals surface area contributed by atoms with Gasteiger partial charge in [-0.2, -0.15) is 5.10 Å². The van der Waals surface area contributed by atoms with Gasteiger partial charge in [-0.05, 0) is 31.4 Å². The summed E-state index contributed by atoms with van der Waals surface area (Å²) in [7, 11) is -1.94. The molecular weight excluding hydrogens is 565 g/mol. The Morgan fingerprint density at radius 1 is 0.884 bits per heavy atom. The minimum atomic E-state index is -1.94. The van der Waals surface area contributed by atoms with Crippen molar-refractivity contribution in [2.45, 2.75) is 135 Å². The highest BCUT2D eigenvalue weighted by Gasteiger charge is 2.30. The highest BCUT2D eigenvalue weighted by atomic mass is 31.2. The van der Waals surface area contributed by atoms with Gasteiger partial charge in [-0.25, -0.2) is 14.8 Å². The van der Waals surface area contributed by atoms with Crippen molar-refractivity contribution >= 4 is 19.9 Å². The summed E-state index contributed by atoms with van der Waals surface area (Å²) in [6.45, 7) is 7.61. The summed E-state index contributed by atoms with van der Waals surface area (Å²) in [4.78, 5) is 14.1. The van der Waals surface area contributed by atoms with E-state index < -0.39 is 8.60 Å². The Hall–Kier alpha value is -1.86. The van der Waals surface area contributed by atoms with E-state index in [4.69, 9.17) is 29.5 Å². The molecule has 10 nitrogen and oxygen atoms in total. The van der Waals surface area contributed by atoms with Crippen molar-refractivity contribution in [1.29, 1.82) is 5.26 Å². The summed E-state index contributed by atoms with van der Waals surface area (Å²) in [6, 6.07) is 3.87. The van der Waals surface area contributed by atoms with Crippen LogP contribution < -0.4 is 5.73 Å². The van der Waals surface area contributed by atoms with Gasteiger partial charge in [0.2, 0.25) is 0 Å². The molecule has 0 radical (unpaired) electrons. The van der Waals surface area contributed by atoms with Gasteiger partial charge < -0.3 is 29.1 Å². The predicted molar refractivity (Wildman–Crippen MR) is 172 cm³/mol. The van der Waals surface area contributed by atoms with Gasteiger partial charge in [-0.15, -0.1) is 0 Å². The molecule has 3 atom stereocenters. The maximum atomic E-state index is 10.1. The molecule has 11 heteroatoms. The van der Waals surface area contributed by atoms with Crippen LogP contribution in [0.2, 0.25) is 0 Å². The fourth-order valence-corrected chi connectivity index (χ4v) is 6.07. The van der Waals surface area contributed by atoms with E-state index in [1.54, 1.807) is 4.52 Å². The lowest BCUT2D eigenvalue weighted by molar-refractivity contribution is 0.00877. The lowest BCUT2D eigenvalue weighted by atomic mass is 10.0. The summed E-state index contributed by atoms with van der Waals surface area (Å²) in [5.41, 5.74) is 7.64. The largest absolute Gasteiger partial charge is 0.382 e. The van der Waals surface area contributed by atoms with Crippen molar-refractivity contribution < 1.29 is 23.4 Å². The highest BCUT2D eigenvalue weighted by Crippen LogP contribution is 2.37. The third-order valence-corrected chi connectivity index (χ3v) is 8.66. The first kappa shape index (κ1) is 37.3. The molecule has 2 aromatic heterocycles. The summed E-state index contributed by atoms with van der Waals surface area (Å²) in [5, 5.41) is 10.8. The summed E-state index contributed by atoms with van der Waals surface area (Å²) in [5.74, 6) is 0.446. The van der Waals surface area contributed by atoms with E-state index in [0.717, 1.165) is 37.1 Å². The Morgan fingerprint density at radius 3 is 2.12 bits per heavy atom. The van der Waals surface area contributed by atoms with Crippen LogP contribution in [0.3, 0.4) is 0 Å². The van der Waals surface area contributed by atoms with Crippen LogP contribution >= 0.6 is 8.60 Å². The maximum Gasteiger partial charge on any atom is 0.330 e. The number of ether oxygens (including phenoxy) is 2. The minimum absolute atomic E-state index is 0.0934. The number of rotatable bonds is 25. The molecule has 1 aliphatic heterocycles. The fraction of sp³-hybridized carbons (Fsp3) is 0.781. The Bertz CT molecular complexity index is 978. The van der Waals surface area contributed by atoms with Crippen LogP contribution in [0, 0.1) is 11.8 Å². The first-order valence-corrected chi connectivity index (χ1v) is 17.6.